The standard InChI is InChI=1S/C11H22N2O/c1-10-2-4-13(6-10)8-11(7-12)3-5-14-9-11/h10H,2-9,12H2,1H3. The molecule has 2 atom stereocenters. The van der Waals surface area contributed by atoms with Crippen molar-refractivity contribution in [3.63, 3.8) is 0 Å². The van der Waals surface area contributed by atoms with Crippen LogP contribution in [0.4, 0.5) is 0 Å². The normalized spacial score (nSPS) is 39.4. The second-order valence-electron chi connectivity index (χ2n) is 5.14. The lowest BCUT2D eigenvalue weighted by Crippen LogP contribution is -2.42. The van der Waals surface area contributed by atoms with Gasteiger partial charge in [-0.25, -0.2) is 0 Å². The Morgan fingerprint density at radius 3 is 2.93 bits per heavy atom. The largest absolute Gasteiger partial charge is 0.381 e. The molecule has 0 amide bonds. The van der Waals surface area contributed by atoms with Crippen molar-refractivity contribution in [2.24, 2.45) is 17.1 Å². The molecule has 2 fully saturated rings. The zero-order chi connectivity index (χ0) is 10.0. The van der Waals surface area contributed by atoms with Crippen LogP contribution in [0.2, 0.25) is 0 Å². The van der Waals surface area contributed by atoms with Gasteiger partial charge in [-0.3, -0.25) is 0 Å². The van der Waals surface area contributed by atoms with Crippen molar-refractivity contribution in [2.75, 3.05) is 39.4 Å². The number of hydrogen-bond acceptors (Lipinski definition) is 3. The van der Waals surface area contributed by atoms with Crippen LogP contribution in [-0.2, 0) is 4.74 Å². The third-order valence-corrected chi connectivity index (χ3v) is 3.69. The molecule has 0 aromatic heterocycles. The Kier molecular flexibility index (Phi) is 3.10. The molecule has 3 heteroatoms. The van der Waals surface area contributed by atoms with E-state index in [1.54, 1.807) is 0 Å². The van der Waals surface area contributed by atoms with Crippen LogP contribution in [0.25, 0.3) is 0 Å². The van der Waals surface area contributed by atoms with Gasteiger partial charge in [-0.05, 0) is 25.3 Å². The van der Waals surface area contributed by atoms with Gasteiger partial charge in [-0.1, -0.05) is 6.92 Å². The van der Waals surface area contributed by atoms with Gasteiger partial charge < -0.3 is 15.4 Å². The number of hydrogen-bond donors (Lipinski definition) is 1. The van der Waals surface area contributed by atoms with Crippen molar-refractivity contribution >= 4 is 0 Å². The topological polar surface area (TPSA) is 38.5 Å². The summed E-state index contributed by atoms with van der Waals surface area (Å²) in [4.78, 5) is 2.56. The minimum atomic E-state index is 0.268. The minimum Gasteiger partial charge on any atom is -0.381 e. The third kappa shape index (κ3) is 2.10. The van der Waals surface area contributed by atoms with Crippen LogP contribution >= 0.6 is 0 Å². The van der Waals surface area contributed by atoms with E-state index in [-0.39, 0.29) is 5.41 Å². The smallest absolute Gasteiger partial charge is 0.0547 e. The van der Waals surface area contributed by atoms with Crippen LogP contribution in [0.5, 0.6) is 0 Å². The molecular formula is C11H22N2O. The first-order valence-corrected chi connectivity index (χ1v) is 5.74. The lowest BCUT2D eigenvalue weighted by molar-refractivity contribution is 0.124. The van der Waals surface area contributed by atoms with Crippen molar-refractivity contribution in [3.05, 3.63) is 0 Å². The average molecular weight is 198 g/mol. The Hall–Kier alpha value is -0.120. The lowest BCUT2D eigenvalue weighted by Gasteiger charge is -2.30. The fourth-order valence-electron chi connectivity index (χ4n) is 2.64. The van der Waals surface area contributed by atoms with E-state index >= 15 is 0 Å². The maximum Gasteiger partial charge on any atom is 0.0547 e. The van der Waals surface area contributed by atoms with Gasteiger partial charge in [0.05, 0.1) is 6.61 Å². The molecule has 0 radical (unpaired) electrons. The van der Waals surface area contributed by atoms with Crippen molar-refractivity contribution in [1.29, 1.82) is 0 Å². The molecule has 0 aromatic carbocycles. The number of nitrogens with two attached hydrogens (primary N) is 1. The van der Waals surface area contributed by atoms with E-state index in [0.29, 0.717) is 0 Å². The van der Waals surface area contributed by atoms with Gasteiger partial charge in [0.15, 0.2) is 0 Å². The summed E-state index contributed by atoms with van der Waals surface area (Å²) in [5.74, 6) is 0.868. The van der Waals surface area contributed by atoms with E-state index in [9.17, 15) is 0 Å². The van der Waals surface area contributed by atoms with E-state index in [2.05, 4.69) is 11.8 Å². The quantitative estimate of drug-likeness (QED) is 0.725. The summed E-state index contributed by atoms with van der Waals surface area (Å²) in [7, 11) is 0. The summed E-state index contributed by atoms with van der Waals surface area (Å²) in [6.07, 6.45) is 2.50. The van der Waals surface area contributed by atoms with Crippen molar-refractivity contribution in [2.45, 2.75) is 19.8 Å². The molecular weight excluding hydrogens is 176 g/mol. The molecule has 3 nitrogen and oxygen atoms in total. The zero-order valence-electron chi connectivity index (χ0n) is 9.17. The highest BCUT2D eigenvalue weighted by molar-refractivity contribution is 4.89. The lowest BCUT2D eigenvalue weighted by atomic mass is 9.87. The molecule has 2 aliphatic heterocycles. The summed E-state index contributed by atoms with van der Waals surface area (Å²) in [5.41, 5.74) is 6.14. The summed E-state index contributed by atoms with van der Waals surface area (Å²) in [5, 5.41) is 0. The van der Waals surface area contributed by atoms with E-state index < -0.39 is 0 Å². The van der Waals surface area contributed by atoms with Gasteiger partial charge >= 0.3 is 0 Å². The van der Waals surface area contributed by atoms with Gasteiger partial charge in [0, 0.05) is 31.7 Å². The highest BCUT2D eigenvalue weighted by Gasteiger charge is 2.36. The average Bonchev–Trinajstić information content (AvgIpc) is 2.77. The van der Waals surface area contributed by atoms with E-state index in [1.165, 1.54) is 19.5 Å². The first-order valence-electron chi connectivity index (χ1n) is 5.74. The Labute approximate surface area is 86.6 Å². The van der Waals surface area contributed by atoms with Gasteiger partial charge in [-0.15, -0.1) is 0 Å². The first-order chi connectivity index (χ1) is 6.74. The molecule has 2 aliphatic rings. The maximum absolute atomic E-state index is 5.87. The van der Waals surface area contributed by atoms with E-state index in [4.69, 9.17) is 10.5 Å². The highest BCUT2D eigenvalue weighted by atomic mass is 16.5. The molecule has 0 aromatic rings. The SMILES string of the molecule is CC1CCN(CC2(CN)CCOC2)C1. The predicted molar refractivity (Wildman–Crippen MR) is 57.1 cm³/mol. The Bertz CT molecular complexity index is 190. The van der Waals surface area contributed by atoms with E-state index in [1.807, 2.05) is 0 Å². The summed E-state index contributed by atoms with van der Waals surface area (Å²) < 4.78 is 5.48. The fourth-order valence-corrected chi connectivity index (χ4v) is 2.64. The van der Waals surface area contributed by atoms with Gasteiger partial charge in [0.25, 0.3) is 0 Å². The summed E-state index contributed by atoms with van der Waals surface area (Å²) >= 11 is 0. The molecule has 2 saturated heterocycles. The number of ether oxygens (including phenoxy) is 1. The summed E-state index contributed by atoms with van der Waals surface area (Å²) in [6.45, 7) is 8.53. The van der Waals surface area contributed by atoms with Crippen molar-refractivity contribution in [3.8, 4) is 0 Å². The molecule has 2 rings (SSSR count). The van der Waals surface area contributed by atoms with Gasteiger partial charge in [0.1, 0.15) is 0 Å². The number of rotatable bonds is 3. The Morgan fingerprint density at radius 1 is 1.57 bits per heavy atom. The van der Waals surface area contributed by atoms with Crippen molar-refractivity contribution < 1.29 is 4.74 Å². The molecule has 0 aliphatic carbocycles. The highest BCUT2D eigenvalue weighted by Crippen LogP contribution is 2.30. The van der Waals surface area contributed by atoms with Crippen LogP contribution in [0.15, 0.2) is 0 Å². The third-order valence-electron chi connectivity index (χ3n) is 3.69. The van der Waals surface area contributed by atoms with Crippen LogP contribution < -0.4 is 5.73 Å². The van der Waals surface area contributed by atoms with Gasteiger partial charge in [-0.2, -0.15) is 0 Å². The van der Waals surface area contributed by atoms with Crippen LogP contribution in [0, 0.1) is 11.3 Å². The number of likely N-dealkylation sites (tertiary alicyclic amines) is 1. The van der Waals surface area contributed by atoms with Crippen LogP contribution in [0.1, 0.15) is 19.8 Å². The fraction of sp³-hybridized carbons (Fsp3) is 1.00. The zero-order valence-corrected chi connectivity index (χ0v) is 9.17. The minimum absolute atomic E-state index is 0.268. The summed E-state index contributed by atoms with van der Waals surface area (Å²) in [6, 6.07) is 0. The molecule has 2 heterocycles. The predicted octanol–water partition coefficient (Wildman–Crippen LogP) is 0.694. The maximum atomic E-state index is 5.87. The second kappa shape index (κ2) is 4.17. The molecule has 0 saturated carbocycles. The first kappa shape index (κ1) is 10.4. The molecule has 14 heavy (non-hydrogen) atoms. The monoisotopic (exact) mass is 198 g/mol. The Balaban J connectivity index is 1.88. The van der Waals surface area contributed by atoms with E-state index in [0.717, 1.165) is 38.6 Å². The van der Waals surface area contributed by atoms with Crippen LogP contribution in [0.3, 0.4) is 0 Å². The van der Waals surface area contributed by atoms with Crippen molar-refractivity contribution in [1.82, 2.24) is 4.90 Å². The second-order valence-corrected chi connectivity index (χ2v) is 5.14. The Morgan fingerprint density at radius 2 is 2.43 bits per heavy atom. The molecule has 0 spiro atoms. The molecule has 0 bridgehead atoms. The molecule has 82 valence electrons. The molecule has 2 unspecified atom stereocenters. The van der Waals surface area contributed by atoms with Gasteiger partial charge in [0.2, 0.25) is 0 Å². The number of nitrogens with zero attached hydrogens (tertiary/aromatic N) is 1. The molecule has 2 N–H and O–H groups in total. The van der Waals surface area contributed by atoms with Crippen LogP contribution in [-0.4, -0.2) is 44.3 Å².